The van der Waals surface area contributed by atoms with Gasteiger partial charge in [-0.25, -0.2) is 9.97 Å². The van der Waals surface area contributed by atoms with E-state index in [1.165, 1.54) is 21.7 Å². The first-order chi connectivity index (χ1) is 11.8. The maximum absolute atomic E-state index is 4.55. The lowest BCUT2D eigenvalue weighted by atomic mass is 10.2. The fourth-order valence-electron chi connectivity index (χ4n) is 3.12. The molecule has 24 heavy (non-hydrogen) atoms. The van der Waals surface area contributed by atoms with Crippen molar-refractivity contribution in [1.82, 2.24) is 30.2 Å². The van der Waals surface area contributed by atoms with Crippen LogP contribution >= 0.6 is 27.3 Å². The van der Waals surface area contributed by atoms with E-state index in [-0.39, 0.29) is 0 Å². The Labute approximate surface area is 149 Å². The summed E-state index contributed by atoms with van der Waals surface area (Å²) in [4.78, 5) is 12.8. The predicted octanol–water partition coefficient (Wildman–Crippen LogP) is 3.59. The number of nitrogens with zero attached hydrogens (tertiary/aromatic N) is 6. The van der Waals surface area contributed by atoms with Gasteiger partial charge in [0.15, 0.2) is 5.82 Å². The average Bonchev–Trinajstić information content (AvgIpc) is 3.30. The zero-order chi connectivity index (χ0) is 16.1. The number of aromatic nitrogens is 6. The van der Waals surface area contributed by atoms with Crippen molar-refractivity contribution in [3.05, 3.63) is 45.5 Å². The zero-order valence-corrected chi connectivity index (χ0v) is 14.9. The van der Waals surface area contributed by atoms with Gasteiger partial charge in [0.2, 0.25) is 5.82 Å². The lowest BCUT2D eigenvalue weighted by Gasteiger charge is -2.01. The third kappa shape index (κ3) is 2.10. The normalized spacial score (nSPS) is 13.5. The molecule has 1 aliphatic carbocycles. The Morgan fingerprint density at radius 3 is 2.96 bits per heavy atom. The molecule has 0 spiro atoms. The largest absolute Gasteiger partial charge is 0.225 e. The molecular weight excluding hydrogens is 388 g/mol. The molecule has 8 heteroatoms. The maximum atomic E-state index is 4.55. The zero-order valence-electron chi connectivity index (χ0n) is 12.5. The fourth-order valence-corrected chi connectivity index (χ4v) is 4.80. The van der Waals surface area contributed by atoms with E-state index in [0.717, 1.165) is 33.1 Å². The maximum Gasteiger partial charge on any atom is 0.206 e. The molecule has 3 aromatic heterocycles. The lowest BCUT2D eigenvalue weighted by molar-refractivity contribution is 0.704. The molecular formula is C16H11BrN6S. The molecule has 5 rings (SSSR count). The van der Waals surface area contributed by atoms with E-state index in [9.17, 15) is 0 Å². The Morgan fingerprint density at radius 1 is 1.12 bits per heavy atom. The summed E-state index contributed by atoms with van der Waals surface area (Å²) in [5, 5.41) is 14.1. The molecule has 0 bridgehead atoms. The van der Waals surface area contributed by atoms with Gasteiger partial charge >= 0.3 is 0 Å². The third-order valence-corrected chi connectivity index (χ3v) is 6.09. The highest BCUT2D eigenvalue weighted by atomic mass is 79.9. The van der Waals surface area contributed by atoms with Crippen LogP contribution in [0, 0.1) is 0 Å². The Bertz CT molecular complexity index is 1070. The van der Waals surface area contributed by atoms with Gasteiger partial charge in [-0.2, -0.15) is 0 Å². The van der Waals surface area contributed by atoms with Crippen LogP contribution in [0.1, 0.15) is 16.9 Å². The van der Waals surface area contributed by atoms with Gasteiger partial charge < -0.3 is 0 Å². The minimum Gasteiger partial charge on any atom is -0.225 e. The molecule has 0 amide bonds. The molecule has 0 atom stereocenters. The fraction of sp³-hybridized carbons (Fsp3) is 0.188. The molecule has 0 saturated heterocycles. The summed E-state index contributed by atoms with van der Waals surface area (Å²) in [5.41, 5.74) is 2.26. The average molecular weight is 399 g/mol. The standard InChI is InChI=1S/C16H11BrN6S/c17-11-6-2-1-4-9(11)14-20-22-23(21-14)15-13-10-5-3-7-12(10)24-16(13)19-8-18-15/h1-2,4,6,8H,3,5,7H2. The van der Waals surface area contributed by atoms with Gasteiger partial charge in [-0.15, -0.1) is 26.3 Å². The van der Waals surface area contributed by atoms with Gasteiger partial charge in [0, 0.05) is 14.9 Å². The molecule has 0 radical (unpaired) electrons. The summed E-state index contributed by atoms with van der Waals surface area (Å²) in [7, 11) is 0. The van der Waals surface area contributed by atoms with Crippen LogP contribution in [0.4, 0.5) is 0 Å². The molecule has 1 aromatic carbocycles. The number of rotatable bonds is 2. The molecule has 118 valence electrons. The van der Waals surface area contributed by atoms with E-state index in [4.69, 9.17) is 0 Å². The second-order valence-electron chi connectivity index (χ2n) is 5.62. The van der Waals surface area contributed by atoms with Crippen LogP contribution in [-0.4, -0.2) is 30.2 Å². The Morgan fingerprint density at radius 2 is 2.04 bits per heavy atom. The molecule has 0 N–H and O–H groups in total. The summed E-state index contributed by atoms with van der Waals surface area (Å²) >= 11 is 5.28. The summed E-state index contributed by atoms with van der Waals surface area (Å²) in [6.07, 6.45) is 4.97. The van der Waals surface area contributed by atoms with Crippen LogP contribution in [0.25, 0.3) is 27.4 Å². The van der Waals surface area contributed by atoms with Crippen molar-refractivity contribution in [3.63, 3.8) is 0 Å². The van der Waals surface area contributed by atoms with Crippen LogP contribution in [-0.2, 0) is 12.8 Å². The Hall–Kier alpha value is -2.19. The van der Waals surface area contributed by atoms with Crippen LogP contribution < -0.4 is 0 Å². The summed E-state index contributed by atoms with van der Waals surface area (Å²) in [5.74, 6) is 1.28. The topological polar surface area (TPSA) is 69.4 Å². The molecule has 4 aromatic rings. The van der Waals surface area contributed by atoms with Gasteiger partial charge in [0.1, 0.15) is 11.2 Å². The van der Waals surface area contributed by atoms with Crippen LogP contribution in [0.2, 0.25) is 0 Å². The van der Waals surface area contributed by atoms with E-state index in [0.29, 0.717) is 11.6 Å². The second kappa shape index (κ2) is 5.42. The number of aryl methyl sites for hydroxylation is 2. The number of hydrogen-bond acceptors (Lipinski definition) is 6. The highest BCUT2D eigenvalue weighted by Gasteiger charge is 2.23. The molecule has 6 nitrogen and oxygen atoms in total. The summed E-state index contributed by atoms with van der Waals surface area (Å²) < 4.78 is 0.939. The quantitative estimate of drug-likeness (QED) is 0.515. The van der Waals surface area contributed by atoms with Gasteiger partial charge in [-0.05, 0) is 42.2 Å². The van der Waals surface area contributed by atoms with E-state index in [1.54, 1.807) is 17.7 Å². The molecule has 0 aliphatic heterocycles. The van der Waals surface area contributed by atoms with Gasteiger partial charge in [-0.1, -0.05) is 28.1 Å². The van der Waals surface area contributed by atoms with E-state index >= 15 is 0 Å². The lowest BCUT2D eigenvalue weighted by Crippen LogP contribution is -2.04. The number of thiophene rings is 1. The van der Waals surface area contributed by atoms with Crippen LogP contribution in [0.3, 0.4) is 0 Å². The number of fused-ring (bicyclic) bond motifs is 3. The highest BCUT2D eigenvalue weighted by molar-refractivity contribution is 9.10. The van der Waals surface area contributed by atoms with Crippen molar-refractivity contribution in [3.8, 4) is 17.2 Å². The minimum absolute atomic E-state index is 0.570. The number of halogens is 1. The molecule has 0 saturated carbocycles. The van der Waals surface area contributed by atoms with Crippen LogP contribution in [0.15, 0.2) is 35.1 Å². The third-order valence-electron chi connectivity index (χ3n) is 4.20. The first-order valence-electron chi connectivity index (χ1n) is 7.62. The monoisotopic (exact) mass is 398 g/mol. The molecule has 1 aliphatic rings. The summed E-state index contributed by atoms with van der Waals surface area (Å²) in [6, 6.07) is 7.84. The van der Waals surface area contributed by atoms with Crippen molar-refractivity contribution in [2.24, 2.45) is 0 Å². The number of tetrazole rings is 1. The number of benzene rings is 1. The van der Waals surface area contributed by atoms with Crippen molar-refractivity contribution >= 4 is 37.5 Å². The van der Waals surface area contributed by atoms with Crippen molar-refractivity contribution in [2.75, 3.05) is 0 Å². The first-order valence-corrected chi connectivity index (χ1v) is 9.23. The van der Waals surface area contributed by atoms with Crippen molar-refractivity contribution in [1.29, 1.82) is 0 Å². The second-order valence-corrected chi connectivity index (χ2v) is 7.56. The molecule has 0 unspecified atom stereocenters. The van der Waals surface area contributed by atoms with Crippen molar-refractivity contribution < 1.29 is 0 Å². The first kappa shape index (κ1) is 14.2. The molecule has 0 fully saturated rings. The van der Waals surface area contributed by atoms with Crippen LogP contribution in [0.5, 0.6) is 0 Å². The van der Waals surface area contributed by atoms with E-state index in [1.807, 2.05) is 24.3 Å². The number of hydrogen-bond donors (Lipinski definition) is 0. The highest BCUT2D eigenvalue weighted by Crippen LogP contribution is 2.38. The van der Waals surface area contributed by atoms with Gasteiger partial charge in [0.05, 0.1) is 5.39 Å². The van der Waals surface area contributed by atoms with Gasteiger partial charge in [-0.3, -0.25) is 0 Å². The SMILES string of the molecule is Brc1ccccc1-c1nnn(-c2ncnc3sc4c(c23)CCC4)n1. The van der Waals surface area contributed by atoms with E-state index < -0.39 is 0 Å². The van der Waals surface area contributed by atoms with E-state index in [2.05, 4.69) is 41.3 Å². The predicted molar refractivity (Wildman–Crippen MR) is 95.3 cm³/mol. The van der Waals surface area contributed by atoms with Crippen molar-refractivity contribution in [2.45, 2.75) is 19.3 Å². The Balaban J connectivity index is 1.68. The smallest absolute Gasteiger partial charge is 0.206 e. The Kier molecular flexibility index (Phi) is 3.20. The minimum atomic E-state index is 0.570. The van der Waals surface area contributed by atoms with Gasteiger partial charge in [0.25, 0.3) is 0 Å². The summed E-state index contributed by atoms with van der Waals surface area (Å²) in [6.45, 7) is 0. The molecule has 3 heterocycles.